The Balaban J connectivity index is 2.93. The molecule has 5 nitrogen and oxygen atoms in total. The third kappa shape index (κ3) is 3.73. The van der Waals surface area contributed by atoms with E-state index in [2.05, 4.69) is 5.32 Å². The van der Waals surface area contributed by atoms with Crippen LogP contribution in [0.2, 0.25) is 0 Å². The van der Waals surface area contributed by atoms with Crippen molar-refractivity contribution < 1.29 is 14.7 Å². The maximum atomic E-state index is 12.3. The first-order chi connectivity index (χ1) is 9.38. The van der Waals surface area contributed by atoms with Crippen molar-refractivity contribution in [2.24, 2.45) is 5.92 Å². The third-order valence-electron chi connectivity index (χ3n) is 3.18. The van der Waals surface area contributed by atoms with Gasteiger partial charge in [-0.1, -0.05) is 32.0 Å². The summed E-state index contributed by atoms with van der Waals surface area (Å²) in [4.78, 5) is 25.0. The normalized spacial score (nSPS) is 12.1. The Labute approximate surface area is 119 Å². The molecule has 1 aromatic carbocycles. The molecular formula is C15H22N2O3. The van der Waals surface area contributed by atoms with Gasteiger partial charge in [0.25, 0.3) is 0 Å². The predicted octanol–water partition coefficient (Wildman–Crippen LogP) is 2.64. The second kappa shape index (κ2) is 6.93. The molecule has 0 fully saturated rings. The molecule has 2 amide bonds. The van der Waals surface area contributed by atoms with Crippen LogP contribution < -0.4 is 10.2 Å². The number of rotatable bonds is 5. The summed E-state index contributed by atoms with van der Waals surface area (Å²) in [6, 6.07) is 6.25. The quantitative estimate of drug-likeness (QED) is 0.870. The zero-order valence-corrected chi connectivity index (χ0v) is 12.4. The van der Waals surface area contributed by atoms with E-state index in [1.165, 1.54) is 0 Å². The van der Waals surface area contributed by atoms with E-state index in [1.807, 2.05) is 38.1 Å². The lowest BCUT2D eigenvalue weighted by Gasteiger charge is -2.26. The number of carboxylic acid groups (broad SMARTS) is 1. The number of nitrogens with zero attached hydrogens (tertiary/aromatic N) is 1. The van der Waals surface area contributed by atoms with Crippen LogP contribution in [0.1, 0.15) is 26.3 Å². The summed E-state index contributed by atoms with van der Waals surface area (Å²) < 4.78 is 0. The van der Waals surface area contributed by atoms with Crippen molar-refractivity contribution in [1.29, 1.82) is 0 Å². The van der Waals surface area contributed by atoms with Crippen molar-refractivity contribution in [2.45, 2.75) is 33.7 Å². The van der Waals surface area contributed by atoms with Gasteiger partial charge < -0.3 is 10.4 Å². The van der Waals surface area contributed by atoms with Gasteiger partial charge >= 0.3 is 12.0 Å². The molecule has 20 heavy (non-hydrogen) atoms. The van der Waals surface area contributed by atoms with Crippen molar-refractivity contribution >= 4 is 17.7 Å². The molecule has 0 aliphatic carbocycles. The van der Waals surface area contributed by atoms with Crippen molar-refractivity contribution in [3.8, 4) is 0 Å². The van der Waals surface area contributed by atoms with E-state index in [0.717, 1.165) is 11.3 Å². The Morgan fingerprint density at radius 2 is 1.90 bits per heavy atom. The number of carbonyl (C=O) groups excluding carboxylic acids is 1. The number of carboxylic acids is 1. The maximum absolute atomic E-state index is 12.3. The summed E-state index contributed by atoms with van der Waals surface area (Å²) in [5.74, 6) is -1.19. The molecule has 110 valence electrons. The lowest BCUT2D eigenvalue weighted by Crippen LogP contribution is -2.50. The monoisotopic (exact) mass is 278 g/mol. The number of nitrogens with one attached hydrogen (secondary N) is 1. The van der Waals surface area contributed by atoms with Gasteiger partial charge in [0.05, 0.1) is 0 Å². The van der Waals surface area contributed by atoms with Gasteiger partial charge in [-0.2, -0.15) is 0 Å². The topological polar surface area (TPSA) is 69.6 Å². The van der Waals surface area contributed by atoms with E-state index < -0.39 is 12.0 Å². The highest BCUT2D eigenvalue weighted by Crippen LogP contribution is 2.19. The molecule has 0 saturated carbocycles. The number of para-hydroxylation sites is 1. The molecular weight excluding hydrogens is 256 g/mol. The first-order valence-electron chi connectivity index (χ1n) is 6.75. The number of hydrogen-bond acceptors (Lipinski definition) is 2. The Morgan fingerprint density at radius 3 is 2.35 bits per heavy atom. The number of amides is 2. The van der Waals surface area contributed by atoms with Crippen LogP contribution in [0.5, 0.6) is 0 Å². The number of hydrogen-bond donors (Lipinski definition) is 2. The number of aliphatic carboxylic acids is 1. The van der Waals surface area contributed by atoms with Crippen molar-refractivity contribution in [3.63, 3.8) is 0 Å². The number of benzene rings is 1. The molecule has 0 radical (unpaired) electrons. The lowest BCUT2D eigenvalue weighted by atomic mass is 10.1. The Hall–Kier alpha value is -2.04. The molecule has 2 N–H and O–H groups in total. The number of urea groups is 1. The van der Waals surface area contributed by atoms with Gasteiger partial charge in [0.2, 0.25) is 0 Å². The SMILES string of the molecule is CCN(C(=O)NC(C(=O)O)C(C)C)c1ccccc1C. The third-order valence-corrected chi connectivity index (χ3v) is 3.18. The Morgan fingerprint density at radius 1 is 1.30 bits per heavy atom. The van der Waals surface area contributed by atoms with E-state index in [-0.39, 0.29) is 11.9 Å². The molecule has 5 heteroatoms. The zero-order valence-electron chi connectivity index (χ0n) is 12.4. The standard InChI is InChI=1S/C15H22N2O3/c1-5-17(12-9-7-6-8-11(12)4)15(20)16-13(10(2)3)14(18)19/h6-10,13H,5H2,1-4H3,(H,16,20)(H,18,19). The van der Waals surface area contributed by atoms with Crippen LogP contribution >= 0.6 is 0 Å². The molecule has 1 atom stereocenters. The van der Waals surface area contributed by atoms with Gasteiger partial charge in [0, 0.05) is 12.2 Å². The van der Waals surface area contributed by atoms with Gasteiger partial charge in [0.1, 0.15) is 6.04 Å². The molecule has 1 unspecified atom stereocenters. The van der Waals surface area contributed by atoms with Crippen LogP contribution in [0.15, 0.2) is 24.3 Å². The van der Waals surface area contributed by atoms with Gasteiger partial charge in [-0.05, 0) is 31.4 Å². The van der Waals surface area contributed by atoms with E-state index >= 15 is 0 Å². The van der Waals surface area contributed by atoms with Crippen LogP contribution in [0.3, 0.4) is 0 Å². The fourth-order valence-electron chi connectivity index (χ4n) is 2.01. The predicted molar refractivity (Wildman–Crippen MR) is 79.0 cm³/mol. The average Bonchev–Trinajstić information content (AvgIpc) is 2.38. The van der Waals surface area contributed by atoms with Gasteiger partial charge in [-0.3, -0.25) is 4.90 Å². The number of anilines is 1. The summed E-state index contributed by atoms with van der Waals surface area (Å²) in [6.07, 6.45) is 0. The van der Waals surface area contributed by atoms with Crippen molar-refractivity contribution in [1.82, 2.24) is 5.32 Å². The zero-order chi connectivity index (χ0) is 15.3. The second-order valence-corrected chi connectivity index (χ2v) is 5.04. The number of carbonyl (C=O) groups is 2. The van der Waals surface area contributed by atoms with E-state index in [4.69, 9.17) is 5.11 Å². The largest absolute Gasteiger partial charge is 0.480 e. The molecule has 1 rings (SSSR count). The van der Waals surface area contributed by atoms with Gasteiger partial charge in [-0.15, -0.1) is 0 Å². The van der Waals surface area contributed by atoms with Crippen LogP contribution in [0.25, 0.3) is 0 Å². The van der Waals surface area contributed by atoms with Crippen LogP contribution in [-0.2, 0) is 4.79 Å². The van der Waals surface area contributed by atoms with Crippen LogP contribution in [0, 0.1) is 12.8 Å². The molecule has 0 saturated heterocycles. The summed E-state index contributed by atoms with van der Waals surface area (Å²) >= 11 is 0. The van der Waals surface area contributed by atoms with Crippen molar-refractivity contribution in [3.05, 3.63) is 29.8 Å². The summed E-state index contributed by atoms with van der Waals surface area (Å²) in [7, 11) is 0. The van der Waals surface area contributed by atoms with E-state index in [0.29, 0.717) is 6.54 Å². The minimum Gasteiger partial charge on any atom is -0.480 e. The molecule has 0 aliphatic heterocycles. The fraction of sp³-hybridized carbons (Fsp3) is 0.467. The first-order valence-corrected chi connectivity index (χ1v) is 6.75. The molecule has 1 aromatic rings. The summed E-state index contributed by atoms with van der Waals surface area (Å²) in [5.41, 5.74) is 1.77. The minimum atomic E-state index is -1.02. The Kier molecular flexibility index (Phi) is 5.55. The molecule has 0 spiro atoms. The highest BCUT2D eigenvalue weighted by atomic mass is 16.4. The van der Waals surface area contributed by atoms with Crippen LogP contribution in [-0.4, -0.2) is 29.7 Å². The van der Waals surface area contributed by atoms with E-state index in [9.17, 15) is 9.59 Å². The molecule has 0 heterocycles. The summed E-state index contributed by atoms with van der Waals surface area (Å²) in [6.45, 7) is 7.78. The van der Waals surface area contributed by atoms with Crippen molar-refractivity contribution in [2.75, 3.05) is 11.4 Å². The molecule has 0 bridgehead atoms. The lowest BCUT2D eigenvalue weighted by molar-refractivity contribution is -0.140. The minimum absolute atomic E-state index is 0.174. The smallest absolute Gasteiger partial charge is 0.326 e. The highest BCUT2D eigenvalue weighted by Gasteiger charge is 2.26. The maximum Gasteiger partial charge on any atom is 0.326 e. The highest BCUT2D eigenvalue weighted by molar-refractivity contribution is 5.95. The molecule has 0 aliphatic rings. The van der Waals surface area contributed by atoms with E-state index in [1.54, 1.807) is 18.7 Å². The number of aryl methyl sites for hydroxylation is 1. The second-order valence-electron chi connectivity index (χ2n) is 5.04. The first kappa shape index (κ1) is 16.0. The fourth-order valence-corrected chi connectivity index (χ4v) is 2.01. The Bertz CT molecular complexity index is 486. The van der Waals surface area contributed by atoms with Gasteiger partial charge in [0.15, 0.2) is 0 Å². The molecule has 0 aromatic heterocycles. The average molecular weight is 278 g/mol. The van der Waals surface area contributed by atoms with Crippen LogP contribution in [0.4, 0.5) is 10.5 Å². The van der Waals surface area contributed by atoms with Gasteiger partial charge in [-0.25, -0.2) is 9.59 Å². The summed E-state index contributed by atoms with van der Waals surface area (Å²) in [5, 5.41) is 11.7.